The summed E-state index contributed by atoms with van der Waals surface area (Å²) >= 11 is 6.01. The fraction of sp³-hybridized carbons (Fsp3) is 0.529. The van der Waals surface area contributed by atoms with Crippen LogP contribution in [0.4, 0.5) is 5.69 Å². The molecule has 1 fully saturated rings. The Morgan fingerprint density at radius 1 is 1.29 bits per heavy atom. The summed E-state index contributed by atoms with van der Waals surface area (Å²) in [4.78, 5) is 27.9. The number of carbonyl (C=O) groups is 2. The molecule has 0 aliphatic carbocycles. The highest BCUT2D eigenvalue weighted by Gasteiger charge is 2.25. The molecule has 24 heavy (non-hydrogen) atoms. The number of morpholine rings is 1. The zero-order valence-corrected chi connectivity index (χ0v) is 15.0. The Morgan fingerprint density at radius 3 is 2.54 bits per heavy atom. The Kier molecular flexibility index (Phi) is 6.60. The largest absolute Gasteiger partial charge is 0.373 e. The second-order valence-corrected chi connectivity index (χ2v) is 6.64. The van der Waals surface area contributed by atoms with Gasteiger partial charge in [-0.15, -0.1) is 0 Å². The molecule has 1 saturated heterocycles. The van der Waals surface area contributed by atoms with Crippen molar-refractivity contribution in [2.75, 3.05) is 38.5 Å². The van der Waals surface area contributed by atoms with Gasteiger partial charge in [0, 0.05) is 20.1 Å². The van der Waals surface area contributed by atoms with Crippen molar-refractivity contribution in [1.29, 1.82) is 0 Å². The summed E-state index contributed by atoms with van der Waals surface area (Å²) in [5.74, 6) is -0.367. The van der Waals surface area contributed by atoms with Gasteiger partial charge in [-0.05, 0) is 26.0 Å². The van der Waals surface area contributed by atoms with E-state index in [1.807, 2.05) is 13.8 Å². The number of benzene rings is 1. The lowest BCUT2D eigenvalue weighted by Crippen LogP contribution is -2.50. The summed E-state index contributed by atoms with van der Waals surface area (Å²) in [5.41, 5.74) is 0.542. The van der Waals surface area contributed by atoms with E-state index in [0.29, 0.717) is 10.7 Å². The molecule has 2 amide bonds. The van der Waals surface area contributed by atoms with Gasteiger partial charge in [-0.25, -0.2) is 0 Å². The Morgan fingerprint density at radius 2 is 1.92 bits per heavy atom. The first-order valence-corrected chi connectivity index (χ1v) is 8.39. The maximum absolute atomic E-state index is 12.3. The summed E-state index contributed by atoms with van der Waals surface area (Å²) < 4.78 is 5.66. The third-order valence-corrected chi connectivity index (χ3v) is 4.14. The van der Waals surface area contributed by atoms with Crippen molar-refractivity contribution >= 4 is 29.1 Å². The van der Waals surface area contributed by atoms with E-state index in [4.69, 9.17) is 16.3 Å². The molecule has 7 heteroatoms. The van der Waals surface area contributed by atoms with E-state index in [1.54, 1.807) is 31.3 Å². The lowest BCUT2D eigenvalue weighted by atomic mass is 10.2. The zero-order chi connectivity index (χ0) is 17.7. The molecular formula is C17H24ClN3O3. The van der Waals surface area contributed by atoms with E-state index in [1.165, 1.54) is 4.90 Å². The van der Waals surface area contributed by atoms with Crippen LogP contribution in [0, 0.1) is 0 Å². The molecule has 1 heterocycles. The van der Waals surface area contributed by atoms with Crippen LogP contribution in [0.5, 0.6) is 0 Å². The maximum atomic E-state index is 12.3. The molecule has 0 aromatic heterocycles. The zero-order valence-electron chi connectivity index (χ0n) is 14.3. The fourth-order valence-corrected chi connectivity index (χ4v) is 2.96. The lowest BCUT2D eigenvalue weighted by Gasteiger charge is -2.35. The van der Waals surface area contributed by atoms with Gasteiger partial charge in [0.1, 0.15) is 0 Å². The minimum Gasteiger partial charge on any atom is -0.373 e. The molecule has 2 atom stereocenters. The van der Waals surface area contributed by atoms with Crippen molar-refractivity contribution < 1.29 is 14.3 Å². The van der Waals surface area contributed by atoms with Gasteiger partial charge in [-0.3, -0.25) is 14.5 Å². The number of likely N-dealkylation sites (N-methyl/N-ethyl adjacent to an activating group) is 1. The Balaban J connectivity index is 1.82. The third-order valence-electron chi connectivity index (χ3n) is 3.81. The first-order chi connectivity index (χ1) is 11.3. The van der Waals surface area contributed by atoms with E-state index in [0.717, 1.165) is 13.1 Å². The quantitative estimate of drug-likeness (QED) is 0.877. The number of hydrogen-bond donors (Lipinski definition) is 1. The molecular weight excluding hydrogens is 330 g/mol. The van der Waals surface area contributed by atoms with Crippen LogP contribution in [0.1, 0.15) is 13.8 Å². The maximum Gasteiger partial charge on any atom is 0.244 e. The number of nitrogens with one attached hydrogen (secondary N) is 1. The van der Waals surface area contributed by atoms with Gasteiger partial charge in [0.15, 0.2) is 0 Å². The molecule has 1 aliphatic heterocycles. The van der Waals surface area contributed by atoms with Gasteiger partial charge in [0.2, 0.25) is 11.8 Å². The predicted molar refractivity (Wildman–Crippen MR) is 94.2 cm³/mol. The van der Waals surface area contributed by atoms with Crippen molar-refractivity contribution in [2.45, 2.75) is 26.1 Å². The second-order valence-electron chi connectivity index (χ2n) is 6.23. The summed E-state index contributed by atoms with van der Waals surface area (Å²) in [6.45, 7) is 5.70. The summed E-state index contributed by atoms with van der Waals surface area (Å²) in [5, 5.41) is 3.18. The van der Waals surface area contributed by atoms with Crippen molar-refractivity contribution in [3.63, 3.8) is 0 Å². The molecule has 0 radical (unpaired) electrons. The van der Waals surface area contributed by atoms with Crippen LogP contribution in [0.25, 0.3) is 0 Å². The summed E-state index contributed by atoms with van der Waals surface area (Å²) in [6.07, 6.45) is 0.214. The fourth-order valence-electron chi connectivity index (χ4n) is 2.78. The van der Waals surface area contributed by atoms with E-state index >= 15 is 0 Å². The number of anilines is 1. The van der Waals surface area contributed by atoms with Gasteiger partial charge in [0.25, 0.3) is 0 Å². The molecule has 132 valence electrons. The van der Waals surface area contributed by atoms with Gasteiger partial charge in [-0.2, -0.15) is 0 Å². The molecule has 0 saturated carbocycles. The first-order valence-electron chi connectivity index (χ1n) is 8.01. The monoisotopic (exact) mass is 353 g/mol. The number of hydrogen-bond acceptors (Lipinski definition) is 4. The Hall–Kier alpha value is -1.63. The highest BCUT2D eigenvalue weighted by atomic mass is 35.5. The highest BCUT2D eigenvalue weighted by molar-refractivity contribution is 6.33. The number of ether oxygens (including phenoxy) is 1. The van der Waals surface area contributed by atoms with Gasteiger partial charge >= 0.3 is 0 Å². The van der Waals surface area contributed by atoms with Gasteiger partial charge in [0.05, 0.1) is 36.0 Å². The van der Waals surface area contributed by atoms with Crippen LogP contribution in [-0.2, 0) is 14.3 Å². The molecule has 1 N–H and O–H groups in total. The smallest absolute Gasteiger partial charge is 0.244 e. The molecule has 6 nitrogen and oxygen atoms in total. The van der Waals surface area contributed by atoms with Crippen LogP contribution >= 0.6 is 11.6 Å². The van der Waals surface area contributed by atoms with Gasteiger partial charge < -0.3 is 15.0 Å². The minimum atomic E-state index is -0.275. The van der Waals surface area contributed by atoms with E-state index < -0.39 is 0 Å². The lowest BCUT2D eigenvalue weighted by molar-refractivity contribution is -0.137. The van der Waals surface area contributed by atoms with Crippen LogP contribution in [-0.4, -0.2) is 67.0 Å². The number of halogens is 1. The average molecular weight is 354 g/mol. The number of amides is 2. The molecule has 1 aromatic rings. The second kappa shape index (κ2) is 8.46. The molecule has 0 spiro atoms. The predicted octanol–water partition coefficient (Wildman–Crippen LogP) is 1.85. The molecule has 1 aliphatic rings. The number of carbonyl (C=O) groups excluding carboxylic acids is 2. The van der Waals surface area contributed by atoms with Gasteiger partial charge in [-0.1, -0.05) is 23.7 Å². The highest BCUT2D eigenvalue weighted by Crippen LogP contribution is 2.20. The standard InChI is InChI=1S/C17H24ClN3O3/c1-12-8-21(9-13(2)24-12)11-17(23)20(3)10-16(22)19-15-7-5-4-6-14(15)18/h4-7,12-13H,8-11H2,1-3H3,(H,19,22). The SMILES string of the molecule is CC1CN(CC(=O)N(C)CC(=O)Nc2ccccc2Cl)CC(C)O1. The van der Waals surface area contributed by atoms with Crippen LogP contribution in [0.2, 0.25) is 5.02 Å². The Labute approximate surface area is 147 Å². The number of para-hydroxylation sites is 1. The van der Waals surface area contributed by atoms with E-state index in [2.05, 4.69) is 10.2 Å². The molecule has 0 bridgehead atoms. The molecule has 1 aromatic carbocycles. The van der Waals surface area contributed by atoms with E-state index in [-0.39, 0.29) is 37.1 Å². The third kappa shape index (κ3) is 5.47. The minimum absolute atomic E-state index is 0.0144. The van der Waals surface area contributed by atoms with Crippen molar-refractivity contribution in [3.05, 3.63) is 29.3 Å². The van der Waals surface area contributed by atoms with Crippen LogP contribution in [0.15, 0.2) is 24.3 Å². The summed E-state index contributed by atoms with van der Waals surface area (Å²) in [7, 11) is 1.63. The first kappa shape index (κ1) is 18.7. The van der Waals surface area contributed by atoms with E-state index in [9.17, 15) is 9.59 Å². The normalized spacial score (nSPS) is 21.3. The number of rotatable bonds is 5. The topological polar surface area (TPSA) is 61.9 Å². The van der Waals surface area contributed by atoms with Crippen LogP contribution < -0.4 is 5.32 Å². The number of nitrogens with zero attached hydrogens (tertiary/aromatic N) is 2. The molecule has 2 unspecified atom stereocenters. The average Bonchev–Trinajstić information content (AvgIpc) is 2.48. The van der Waals surface area contributed by atoms with Crippen LogP contribution in [0.3, 0.4) is 0 Å². The summed E-state index contributed by atoms with van der Waals surface area (Å²) in [6, 6.07) is 7.00. The van der Waals surface area contributed by atoms with Crippen molar-refractivity contribution in [1.82, 2.24) is 9.80 Å². The van der Waals surface area contributed by atoms with Crippen molar-refractivity contribution in [3.8, 4) is 0 Å². The van der Waals surface area contributed by atoms with Crippen molar-refractivity contribution in [2.24, 2.45) is 0 Å². The Bertz CT molecular complexity index is 586. The molecule has 2 rings (SSSR count).